The Morgan fingerprint density at radius 3 is 2.55 bits per heavy atom. The van der Waals surface area contributed by atoms with Gasteiger partial charge in [0.05, 0.1) is 18.4 Å². The third kappa shape index (κ3) is 3.24. The fourth-order valence-electron chi connectivity index (χ4n) is 2.99. The number of carboxylic acid groups (broad SMARTS) is 1. The van der Waals surface area contributed by atoms with Crippen LogP contribution in [0.4, 0.5) is 0 Å². The van der Waals surface area contributed by atoms with E-state index in [0.717, 1.165) is 5.56 Å². The Morgan fingerprint density at radius 2 is 1.95 bits per heavy atom. The molecule has 0 spiro atoms. The number of hydrogen-bond acceptors (Lipinski definition) is 3. The summed E-state index contributed by atoms with van der Waals surface area (Å²) in [4.78, 5) is 23.7. The maximum absolute atomic E-state index is 12.7. The second-order valence-electron chi connectivity index (χ2n) is 6.34. The predicted molar refractivity (Wildman–Crippen MR) is 82.9 cm³/mol. The molecule has 2 N–H and O–H groups in total. The minimum absolute atomic E-state index is 0.0671. The molecule has 1 aliphatic carbocycles. The molecule has 22 heavy (non-hydrogen) atoms. The maximum Gasteiger partial charge on any atom is 0.306 e. The summed E-state index contributed by atoms with van der Waals surface area (Å²) < 4.78 is 5.34. The minimum Gasteiger partial charge on any atom is -0.496 e. The molecule has 1 saturated carbocycles. The molecule has 120 valence electrons. The predicted octanol–water partition coefficient (Wildman–Crippen LogP) is 2.34. The van der Waals surface area contributed by atoms with E-state index in [1.807, 2.05) is 38.1 Å². The molecule has 1 amide bonds. The van der Waals surface area contributed by atoms with Crippen molar-refractivity contribution in [3.8, 4) is 5.75 Å². The smallest absolute Gasteiger partial charge is 0.306 e. The van der Waals surface area contributed by atoms with Crippen molar-refractivity contribution in [1.29, 1.82) is 0 Å². The first kappa shape index (κ1) is 16.3. The van der Waals surface area contributed by atoms with Crippen molar-refractivity contribution in [3.05, 3.63) is 29.8 Å². The Morgan fingerprint density at radius 1 is 1.27 bits per heavy atom. The number of amides is 1. The van der Waals surface area contributed by atoms with Gasteiger partial charge in [-0.15, -0.1) is 0 Å². The third-order valence-electron chi connectivity index (χ3n) is 4.47. The first-order valence-electron chi connectivity index (χ1n) is 7.53. The largest absolute Gasteiger partial charge is 0.496 e. The van der Waals surface area contributed by atoms with E-state index in [9.17, 15) is 9.59 Å². The van der Waals surface area contributed by atoms with E-state index in [1.165, 1.54) is 0 Å². The molecule has 0 aliphatic heterocycles. The summed E-state index contributed by atoms with van der Waals surface area (Å²) in [7, 11) is 1.58. The molecule has 0 heterocycles. The fraction of sp³-hybridized carbons (Fsp3) is 0.529. The minimum atomic E-state index is -0.777. The zero-order valence-corrected chi connectivity index (χ0v) is 13.3. The van der Waals surface area contributed by atoms with Crippen molar-refractivity contribution in [1.82, 2.24) is 5.32 Å². The van der Waals surface area contributed by atoms with E-state index in [0.29, 0.717) is 25.0 Å². The van der Waals surface area contributed by atoms with Gasteiger partial charge < -0.3 is 15.2 Å². The number of carbonyl (C=O) groups excluding carboxylic acids is 1. The normalized spacial score (nSPS) is 21.4. The van der Waals surface area contributed by atoms with Crippen molar-refractivity contribution >= 4 is 11.9 Å². The Labute approximate surface area is 130 Å². The molecule has 1 aromatic carbocycles. The van der Waals surface area contributed by atoms with Gasteiger partial charge in [-0.3, -0.25) is 9.59 Å². The molecule has 2 rings (SSSR count). The number of benzene rings is 1. The standard InChI is InChI=1S/C17H23NO4/c1-17(2,13-6-4-5-7-14(13)22-3)16(21)18-12-9-8-11(10-12)15(19)20/h4-7,11-12H,8-10H2,1-3H3,(H,18,21)(H,19,20)/t11-,12+/m1/s1. The van der Waals surface area contributed by atoms with Gasteiger partial charge in [0, 0.05) is 11.6 Å². The van der Waals surface area contributed by atoms with Crippen LogP contribution < -0.4 is 10.1 Å². The van der Waals surface area contributed by atoms with Gasteiger partial charge in [0.1, 0.15) is 5.75 Å². The van der Waals surface area contributed by atoms with Crippen LogP contribution in [-0.4, -0.2) is 30.1 Å². The molecule has 0 bridgehead atoms. The maximum atomic E-state index is 12.7. The summed E-state index contributed by atoms with van der Waals surface area (Å²) in [6, 6.07) is 7.39. The van der Waals surface area contributed by atoms with Crippen LogP contribution in [0.15, 0.2) is 24.3 Å². The Bertz CT molecular complexity index is 568. The van der Waals surface area contributed by atoms with Crippen LogP contribution in [0, 0.1) is 5.92 Å². The Hall–Kier alpha value is -2.04. The summed E-state index contributed by atoms with van der Waals surface area (Å²) >= 11 is 0. The second-order valence-corrected chi connectivity index (χ2v) is 6.34. The van der Waals surface area contributed by atoms with E-state index in [4.69, 9.17) is 9.84 Å². The number of para-hydroxylation sites is 1. The molecule has 1 aliphatic rings. The van der Waals surface area contributed by atoms with Crippen LogP contribution in [0.1, 0.15) is 38.7 Å². The van der Waals surface area contributed by atoms with Gasteiger partial charge in [-0.25, -0.2) is 0 Å². The van der Waals surface area contributed by atoms with Crippen LogP contribution >= 0.6 is 0 Å². The van der Waals surface area contributed by atoms with Crippen LogP contribution in [0.25, 0.3) is 0 Å². The SMILES string of the molecule is COc1ccccc1C(C)(C)C(=O)N[C@H]1CC[C@@H](C(=O)O)C1. The van der Waals surface area contributed by atoms with Gasteiger partial charge >= 0.3 is 5.97 Å². The average Bonchev–Trinajstić information content (AvgIpc) is 2.95. The van der Waals surface area contributed by atoms with Crippen LogP contribution in [-0.2, 0) is 15.0 Å². The fourth-order valence-corrected chi connectivity index (χ4v) is 2.99. The van der Waals surface area contributed by atoms with E-state index in [1.54, 1.807) is 7.11 Å². The second kappa shape index (κ2) is 6.38. The molecule has 5 heteroatoms. The highest BCUT2D eigenvalue weighted by atomic mass is 16.5. The van der Waals surface area contributed by atoms with Gasteiger partial charge in [-0.1, -0.05) is 18.2 Å². The molecular weight excluding hydrogens is 282 g/mol. The number of nitrogens with one attached hydrogen (secondary N) is 1. The summed E-state index contributed by atoms with van der Waals surface area (Å²) in [5.74, 6) is -0.550. The van der Waals surface area contributed by atoms with Crippen LogP contribution in [0.3, 0.4) is 0 Å². The number of rotatable bonds is 5. The number of aliphatic carboxylic acids is 1. The lowest BCUT2D eigenvalue weighted by molar-refractivity contribution is -0.141. The van der Waals surface area contributed by atoms with Crippen molar-refractivity contribution in [3.63, 3.8) is 0 Å². The average molecular weight is 305 g/mol. The summed E-state index contributed by atoms with van der Waals surface area (Å²) in [6.45, 7) is 3.70. The van der Waals surface area contributed by atoms with Crippen molar-refractivity contribution in [2.75, 3.05) is 7.11 Å². The van der Waals surface area contributed by atoms with Gasteiger partial charge in [0.2, 0.25) is 5.91 Å². The molecule has 2 atom stereocenters. The monoisotopic (exact) mass is 305 g/mol. The molecule has 1 aromatic rings. The lowest BCUT2D eigenvalue weighted by Crippen LogP contribution is -2.44. The number of carbonyl (C=O) groups is 2. The van der Waals surface area contributed by atoms with Gasteiger partial charge in [-0.05, 0) is 39.2 Å². The van der Waals surface area contributed by atoms with Crippen molar-refractivity contribution in [2.45, 2.75) is 44.6 Å². The van der Waals surface area contributed by atoms with Crippen LogP contribution in [0.5, 0.6) is 5.75 Å². The molecule has 0 unspecified atom stereocenters. The van der Waals surface area contributed by atoms with Crippen LogP contribution in [0.2, 0.25) is 0 Å². The zero-order valence-electron chi connectivity index (χ0n) is 13.3. The third-order valence-corrected chi connectivity index (χ3v) is 4.47. The molecular formula is C17H23NO4. The number of ether oxygens (including phenoxy) is 1. The number of carboxylic acids is 1. The van der Waals surface area contributed by atoms with Crippen molar-refractivity contribution < 1.29 is 19.4 Å². The lowest BCUT2D eigenvalue weighted by Gasteiger charge is -2.27. The molecule has 0 aromatic heterocycles. The molecule has 5 nitrogen and oxygen atoms in total. The Balaban J connectivity index is 2.09. The lowest BCUT2D eigenvalue weighted by atomic mass is 9.82. The topological polar surface area (TPSA) is 75.6 Å². The summed E-state index contributed by atoms with van der Waals surface area (Å²) in [6.07, 6.45) is 1.84. The highest BCUT2D eigenvalue weighted by Gasteiger charge is 2.36. The molecule has 0 saturated heterocycles. The summed E-state index contributed by atoms with van der Waals surface area (Å²) in [5, 5.41) is 12.0. The van der Waals surface area contributed by atoms with E-state index >= 15 is 0 Å². The summed E-state index contributed by atoms with van der Waals surface area (Å²) in [5.41, 5.74) is 0.0799. The number of hydrogen-bond donors (Lipinski definition) is 2. The Kier molecular flexibility index (Phi) is 4.74. The first-order chi connectivity index (χ1) is 10.4. The molecule has 1 fully saturated rings. The van der Waals surface area contributed by atoms with Crippen molar-refractivity contribution in [2.24, 2.45) is 5.92 Å². The van der Waals surface area contributed by atoms with E-state index < -0.39 is 11.4 Å². The first-order valence-corrected chi connectivity index (χ1v) is 7.53. The molecule has 0 radical (unpaired) electrons. The highest BCUT2D eigenvalue weighted by molar-refractivity contribution is 5.88. The van der Waals surface area contributed by atoms with Gasteiger partial charge in [0.25, 0.3) is 0 Å². The zero-order chi connectivity index (χ0) is 16.3. The van der Waals surface area contributed by atoms with Gasteiger partial charge in [-0.2, -0.15) is 0 Å². The number of methoxy groups -OCH3 is 1. The van der Waals surface area contributed by atoms with Gasteiger partial charge in [0.15, 0.2) is 0 Å². The van der Waals surface area contributed by atoms with E-state index in [-0.39, 0.29) is 17.9 Å². The highest BCUT2D eigenvalue weighted by Crippen LogP contribution is 2.33. The van der Waals surface area contributed by atoms with E-state index in [2.05, 4.69) is 5.32 Å². The quantitative estimate of drug-likeness (QED) is 0.875.